The van der Waals surface area contributed by atoms with Gasteiger partial charge in [-0.2, -0.15) is 0 Å². The molecule has 0 radical (unpaired) electrons. The number of hydrogen-bond donors (Lipinski definition) is 2. The van der Waals surface area contributed by atoms with Crippen LogP contribution in [0.1, 0.15) is 15.9 Å². The zero-order valence-electron chi connectivity index (χ0n) is 14.2. The van der Waals surface area contributed by atoms with Crippen molar-refractivity contribution in [3.8, 4) is 0 Å². The van der Waals surface area contributed by atoms with E-state index in [2.05, 4.69) is 26.6 Å². The fourth-order valence-electron chi connectivity index (χ4n) is 3.02. The summed E-state index contributed by atoms with van der Waals surface area (Å²) in [7, 11) is 0. The number of halogens is 1. The van der Waals surface area contributed by atoms with Crippen LogP contribution in [0.25, 0.3) is 17.0 Å². The maximum atomic E-state index is 13.1. The third-order valence-corrected chi connectivity index (χ3v) is 5.20. The van der Waals surface area contributed by atoms with Crippen LogP contribution in [0, 0.1) is 0 Å². The summed E-state index contributed by atoms with van der Waals surface area (Å²) in [5, 5.41) is 5.52. The van der Waals surface area contributed by atoms with E-state index in [1.807, 2.05) is 30.3 Å². The molecule has 138 valence electrons. The number of nitrogens with zero attached hydrogens (tertiary/aromatic N) is 1. The second-order valence-electron chi connectivity index (χ2n) is 6.05. The van der Waals surface area contributed by atoms with Crippen molar-refractivity contribution < 1.29 is 14.4 Å². The summed E-state index contributed by atoms with van der Waals surface area (Å²) in [5.74, 6) is -1.39. The fourth-order valence-corrected chi connectivity index (χ4v) is 3.66. The molecular weight excluding hydrogens is 442 g/mol. The quantitative estimate of drug-likeness (QED) is 0.355. The molecule has 2 amide bonds. The van der Waals surface area contributed by atoms with E-state index in [0.717, 1.165) is 5.39 Å². The summed E-state index contributed by atoms with van der Waals surface area (Å²) >= 11 is 8.22. The van der Waals surface area contributed by atoms with E-state index in [1.54, 1.807) is 24.4 Å². The minimum absolute atomic E-state index is 0.0290. The maximum absolute atomic E-state index is 13.1. The first-order valence-electron chi connectivity index (χ1n) is 8.23. The van der Waals surface area contributed by atoms with Crippen molar-refractivity contribution >= 4 is 68.0 Å². The number of amides is 2. The molecule has 1 fully saturated rings. The first-order chi connectivity index (χ1) is 13.5. The van der Waals surface area contributed by atoms with Crippen LogP contribution in [0.2, 0.25) is 0 Å². The molecule has 0 bridgehead atoms. The Morgan fingerprint density at radius 2 is 1.64 bits per heavy atom. The summed E-state index contributed by atoms with van der Waals surface area (Å²) in [4.78, 5) is 37.4. The summed E-state index contributed by atoms with van der Waals surface area (Å²) < 4.78 is 2.18. The fraction of sp³-hybridized carbons (Fsp3) is 0. The van der Waals surface area contributed by atoms with E-state index in [4.69, 9.17) is 12.2 Å². The summed E-state index contributed by atoms with van der Waals surface area (Å²) in [6, 6.07) is 14.4. The summed E-state index contributed by atoms with van der Waals surface area (Å²) in [6.45, 7) is 0. The highest BCUT2D eigenvalue weighted by Crippen LogP contribution is 2.26. The van der Waals surface area contributed by atoms with Crippen LogP contribution in [-0.2, 0) is 9.59 Å². The maximum Gasteiger partial charge on any atom is 0.263 e. The summed E-state index contributed by atoms with van der Waals surface area (Å²) in [6.07, 6.45) is 3.07. The van der Waals surface area contributed by atoms with Gasteiger partial charge >= 0.3 is 0 Å². The molecule has 2 heterocycles. The predicted molar refractivity (Wildman–Crippen MR) is 113 cm³/mol. The first kappa shape index (κ1) is 18.3. The zero-order valence-corrected chi connectivity index (χ0v) is 16.6. The molecule has 3 aromatic rings. The van der Waals surface area contributed by atoms with Gasteiger partial charge in [0.15, 0.2) is 5.11 Å². The number of nitrogens with one attached hydrogen (secondary N) is 2. The van der Waals surface area contributed by atoms with Crippen LogP contribution >= 0.6 is 28.1 Å². The van der Waals surface area contributed by atoms with Gasteiger partial charge in [0.2, 0.25) is 0 Å². The zero-order chi connectivity index (χ0) is 19.8. The Morgan fingerprint density at radius 3 is 2.36 bits per heavy atom. The molecule has 1 saturated heterocycles. The number of carbonyl (C=O) groups excluding carboxylic acids is 3. The second-order valence-corrected chi connectivity index (χ2v) is 7.31. The average Bonchev–Trinajstić information content (AvgIpc) is 3.03. The molecule has 4 rings (SSSR count). The molecule has 0 aliphatic carbocycles. The first-order valence-corrected chi connectivity index (χ1v) is 9.43. The largest absolute Gasteiger partial charge is 0.299 e. The lowest BCUT2D eigenvalue weighted by molar-refractivity contribution is -0.123. The van der Waals surface area contributed by atoms with Crippen LogP contribution in [-0.4, -0.2) is 27.4 Å². The number of benzene rings is 2. The van der Waals surface area contributed by atoms with Gasteiger partial charge in [-0.05, 0) is 52.4 Å². The van der Waals surface area contributed by atoms with Crippen LogP contribution in [0.15, 0.2) is 64.8 Å². The van der Waals surface area contributed by atoms with Crippen molar-refractivity contribution in [2.75, 3.05) is 0 Å². The van der Waals surface area contributed by atoms with Crippen molar-refractivity contribution in [3.05, 3.63) is 75.9 Å². The number of aromatic nitrogens is 1. The average molecular weight is 454 g/mol. The van der Waals surface area contributed by atoms with Gasteiger partial charge in [-0.3, -0.25) is 29.6 Å². The van der Waals surface area contributed by atoms with Gasteiger partial charge < -0.3 is 0 Å². The second kappa shape index (κ2) is 7.14. The van der Waals surface area contributed by atoms with Crippen molar-refractivity contribution in [3.63, 3.8) is 0 Å². The highest BCUT2D eigenvalue weighted by Gasteiger charge is 2.26. The third kappa shape index (κ3) is 3.17. The smallest absolute Gasteiger partial charge is 0.263 e. The Labute approximate surface area is 173 Å². The number of para-hydroxylation sites is 1. The molecule has 28 heavy (non-hydrogen) atoms. The molecule has 0 saturated carbocycles. The van der Waals surface area contributed by atoms with Gasteiger partial charge in [0.05, 0.1) is 11.1 Å². The van der Waals surface area contributed by atoms with Crippen molar-refractivity contribution in [2.45, 2.75) is 0 Å². The van der Waals surface area contributed by atoms with Crippen molar-refractivity contribution in [2.24, 2.45) is 0 Å². The number of rotatable bonds is 2. The number of hydrogen-bond acceptors (Lipinski definition) is 4. The molecule has 1 aliphatic heterocycles. The standard InChI is InChI=1S/C20H12BrN3O3S/c21-15-7-3-1-6-13(15)19(27)24-10-11(12-5-2-4-8-16(12)24)9-14-17(25)22-20(28)23-18(14)26/h1-10H,(H2,22,23,25,26,28). The van der Waals surface area contributed by atoms with Gasteiger partial charge in [0.1, 0.15) is 5.57 Å². The van der Waals surface area contributed by atoms with Gasteiger partial charge in [0, 0.05) is 21.6 Å². The van der Waals surface area contributed by atoms with E-state index in [0.29, 0.717) is 21.1 Å². The SMILES string of the molecule is O=C1NC(=S)NC(=O)C1=Cc1cn(C(=O)c2ccccc2Br)c2ccccc12. The van der Waals surface area contributed by atoms with Crippen molar-refractivity contribution in [1.82, 2.24) is 15.2 Å². The molecule has 0 atom stereocenters. The summed E-state index contributed by atoms with van der Waals surface area (Å²) in [5.41, 5.74) is 1.66. The van der Waals surface area contributed by atoms with Gasteiger partial charge in [-0.25, -0.2) is 0 Å². The highest BCUT2D eigenvalue weighted by atomic mass is 79.9. The Hall–Kier alpha value is -3.10. The van der Waals surface area contributed by atoms with E-state index < -0.39 is 11.8 Å². The molecular formula is C20H12BrN3O3S. The minimum atomic E-state index is -0.581. The van der Waals surface area contributed by atoms with E-state index in [1.165, 1.54) is 10.6 Å². The Bertz CT molecular complexity index is 1190. The molecule has 8 heteroatoms. The van der Waals surface area contributed by atoms with Crippen LogP contribution < -0.4 is 10.6 Å². The normalized spacial score (nSPS) is 14.0. The van der Waals surface area contributed by atoms with E-state index in [-0.39, 0.29) is 16.6 Å². The Balaban J connectivity index is 1.86. The minimum Gasteiger partial charge on any atom is -0.299 e. The Morgan fingerprint density at radius 1 is 1.00 bits per heavy atom. The lowest BCUT2D eigenvalue weighted by Crippen LogP contribution is -2.51. The topological polar surface area (TPSA) is 80.2 Å². The van der Waals surface area contributed by atoms with E-state index >= 15 is 0 Å². The molecule has 6 nitrogen and oxygen atoms in total. The molecule has 0 unspecified atom stereocenters. The molecule has 2 N–H and O–H groups in total. The lowest BCUT2D eigenvalue weighted by atomic mass is 10.1. The molecule has 1 aliphatic rings. The van der Waals surface area contributed by atoms with Crippen LogP contribution in [0.5, 0.6) is 0 Å². The van der Waals surface area contributed by atoms with Crippen LogP contribution in [0.3, 0.4) is 0 Å². The number of fused-ring (bicyclic) bond motifs is 1. The highest BCUT2D eigenvalue weighted by molar-refractivity contribution is 9.10. The van der Waals surface area contributed by atoms with Gasteiger partial charge in [-0.1, -0.05) is 30.3 Å². The van der Waals surface area contributed by atoms with E-state index in [9.17, 15) is 14.4 Å². The number of thiocarbonyl (C=S) groups is 1. The van der Waals surface area contributed by atoms with Gasteiger partial charge in [-0.15, -0.1) is 0 Å². The van der Waals surface area contributed by atoms with Crippen LogP contribution in [0.4, 0.5) is 0 Å². The van der Waals surface area contributed by atoms with Gasteiger partial charge in [0.25, 0.3) is 17.7 Å². The molecule has 1 aromatic heterocycles. The number of carbonyl (C=O) groups is 3. The predicted octanol–water partition coefficient (Wildman–Crippen LogP) is 3.01. The molecule has 0 spiro atoms. The third-order valence-electron chi connectivity index (χ3n) is 4.31. The van der Waals surface area contributed by atoms with Crippen molar-refractivity contribution in [1.29, 1.82) is 0 Å². The lowest BCUT2D eigenvalue weighted by Gasteiger charge is -2.16. The Kier molecular flexibility index (Phi) is 4.66. The monoisotopic (exact) mass is 453 g/mol. The molecule has 2 aromatic carbocycles.